The fourth-order valence-electron chi connectivity index (χ4n) is 2.51. The molecule has 0 heterocycles. The summed E-state index contributed by atoms with van der Waals surface area (Å²) < 4.78 is 5.66. The van der Waals surface area contributed by atoms with E-state index in [2.05, 4.69) is 10.6 Å². The Morgan fingerprint density at radius 2 is 1.83 bits per heavy atom. The molecule has 2 N–H and O–H groups in total. The number of hydrogen-bond donors (Lipinski definition) is 2. The summed E-state index contributed by atoms with van der Waals surface area (Å²) in [5.74, 6) is 0.0833. The lowest BCUT2D eigenvalue weighted by Crippen LogP contribution is -2.34. The highest BCUT2D eigenvalue weighted by Gasteiger charge is 2.25. The number of amides is 2. The fraction of sp³-hybridized carbons (Fsp3) is 0.368. The Hall–Kier alpha value is -2.56. The van der Waals surface area contributed by atoms with E-state index in [4.69, 9.17) is 4.74 Å². The van der Waals surface area contributed by atoms with E-state index >= 15 is 0 Å². The van der Waals surface area contributed by atoms with Gasteiger partial charge in [-0.25, -0.2) is 0 Å². The standard InChI is InChI=1S/C19H22N2O3/c1-12(2)20-18(22)11-24-17-10-14-6-4-3-5-13(14)9-16(17)19(23)21-15-7-8-15/h3-6,9-10,12,15H,7-8,11H2,1-2H3,(H,20,22)(H,21,23). The molecule has 0 aromatic heterocycles. The summed E-state index contributed by atoms with van der Waals surface area (Å²) in [6.45, 7) is 3.67. The summed E-state index contributed by atoms with van der Waals surface area (Å²) in [6.07, 6.45) is 2.04. The monoisotopic (exact) mass is 326 g/mol. The first-order valence-electron chi connectivity index (χ1n) is 8.29. The van der Waals surface area contributed by atoms with Crippen LogP contribution in [0.1, 0.15) is 37.0 Å². The van der Waals surface area contributed by atoms with Crippen molar-refractivity contribution in [2.75, 3.05) is 6.61 Å². The minimum atomic E-state index is -0.202. The fourth-order valence-corrected chi connectivity index (χ4v) is 2.51. The minimum absolute atomic E-state index is 0.0512. The average molecular weight is 326 g/mol. The zero-order valence-electron chi connectivity index (χ0n) is 14.0. The zero-order valence-corrected chi connectivity index (χ0v) is 14.0. The van der Waals surface area contributed by atoms with Crippen molar-refractivity contribution in [2.45, 2.75) is 38.8 Å². The van der Waals surface area contributed by atoms with Crippen molar-refractivity contribution in [3.05, 3.63) is 42.0 Å². The van der Waals surface area contributed by atoms with E-state index in [0.717, 1.165) is 23.6 Å². The van der Waals surface area contributed by atoms with Crippen LogP contribution in [0.4, 0.5) is 0 Å². The van der Waals surface area contributed by atoms with Crippen molar-refractivity contribution in [3.8, 4) is 5.75 Å². The van der Waals surface area contributed by atoms with Gasteiger partial charge in [0.05, 0.1) is 5.56 Å². The van der Waals surface area contributed by atoms with Crippen LogP contribution in [0.25, 0.3) is 10.8 Å². The van der Waals surface area contributed by atoms with Gasteiger partial charge in [0.15, 0.2) is 6.61 Å². The summed E-state index contributed by atoms with van der Waals surface area (Å²) in [4.78, 5) is 24.3. The topological polar surface area (TPSA) is 67.4 Å². The third-order valence-corrected chi connectivity index (χ3v) is 3.81. The van der Waals surface area contributed by atoms with Crippen LogP contribution >= 0.6 is 0 Å². The SMILES string of the molecule is CC(C)NC(=O)COc1cc2ccccc2cc1C(=O)NC1CC1. The van der Waals surface area contributed by atoms with Crippen LogP contribution in [0.2, 0.25) is 0 Å². The molecule has 2 aromatic rings. The van der Waals surface area contributed by atoms with E-state index in [1.54, 1.807) is 0 Å². The highest BCUT2D eigenvalue weighted by molar-refractivity contribution is 6.02. The normalized spacial score (nSPS) is 13.8. The van der Waals surface area contributed by atoms with Crippen molar-refractivity contribution in [1.29, 1.82) is 0 Å². The zero-order chi connectivity index (χ0) is 17.1. The van der Waals surface area contributed by atoms with E-state index in [9.17, 15) is 9.59 Å². The van der Waals surface area contributed by atoms with Gasteiger partial charge in [-0.15, -0.1) is 0 Å². The second-order valence-electron chi connectivity index (χ2n) is 6.45. The van der Waals surface area contributed by atoms with Gasteiger partial charge in [-0.3, -0.25) is 9.59 Å². The molecule has 2 amide bonds. The van der Waals surface area contributed by atoms with Gasteiger partial charge >= 0.3 is 0 Å². The number of ether oxygens (including phenoxy) is 1. The van der Waals surface area contributed by atoms with Crippen molar-refractivity contribution in [3.63, 3.8) is 0 Å². The minimum Gasteiger partial charge on any atom is -0.483 e. The molecule has 1 saturated carbocycles. The molecule has 1 aliphatic carbocycles. The molecule has 0 atom stereocenters. The van der Waals surface area contributed by atoms with Gasteiger partial charge in [-0.2, -0.15) is 0 Å². The summed E-state index contributed by atoms with van der Waals surface area (Å²) in [6, 6.07) is 11.7. The molecule has 5 nitrogen and oxygen atoms in total. The van der Waals surface area contributed by atoms with Crippen LogP contribution < -0.4 is 15.4 Å². The summed E-state index contributed by atoms with van der Waals surface area (Å²) in [7, 11) is 0. The van der Waals surface area contributed by atoms with E-state index < -0.39 is 0 Å². The lowest BCUT2D eigenvalue weighted by Gasteiger charge is -2.14. The molecule has 1 aliphatic rings. The van der Waals surface area contributed by atoms with Gasteiger partial charge in [-0.1, -0.05) is 24.3 Å². The number of benzene rings is 2. The number of carbonyl (C=O) groups excluding carboxylic acids is 2. The van der Waals surface area contributed by atoms with Crippen molar-refractivity contribution in [2.24, 2.45) is 0 Å². The highest BCUT2D eigenvalue weighted by Crippen LogP contribution is 2.27. The predicted molar refractivity (Wildman–Crippen MR) is 93.2 cm³/mol. The molecule has 3 rings (SSSR count). The first kappa shape index (κ1) is 16.3. The Labute approximate surface area is 141 Å². The van der Waals surface area contributed by atoms with Gasteiger partial charge in [0.1, 0.15) is 5.75 Å². The average Bonchev–Trinajstić information content (AvgIpc) is 3.35. The van der Waals surface area contributed by atoms with Crippen molar-refractivity contribution < 1.29 is 14.3 Å². The van der Waals surface area contributed by atoms with Gasteiger partial charge in [0, 0.05) is 12.1 Å². The van der Waals surface area contributed by atoms with Gasteiger partial charge in [-0.05, 0) is 49.6 Å². The molecular formula is C19H22N2O3. The largest absolute Gasteiger partial charge is 0.483 e. The maximum atomic E-state index is 12.5. The first-order valence-corrected chi connectivity index (χ1v) is 8.29. The Bertz CT molecular complexity index is 766. The number of hydrogen-bond acceptors (Lipinski definition) is 3. The molecule has 0 bridgehead atoms. The Morgan fingerprint density at radius 3 is 2.46 bits per heavy atom. The lowest BCUT2D eigenvalue weighted by molar-refractivity contribution is -0.123. The maximum absolute atomic E-state index is 12.5. The van der Waals surface area contributed by atoms with E-state index in [1.165, 1.54) is 0 Å². The second-order valence-corrected chi connectivity index (χ2v) is 6.45. The molecule has 24 heavy (non-hydrogen) atoms. The van der Waals surface area contributed by atoms with Gasteiger partial charge in [0.2, 0.25) is 0 Å². The Balaban J connectivity index is 1.84. The van der Waals surface area contributed by atoms with Crippen LogP contribution in [-0.4, -0.2) is 30.5 Å². The quantitative estimate of drug-likeness (QED) is 0.857. The lowest BCUT2D eigenvalue weighted by atomic mass is 10.1. The van der Waals surface area contributed by atoms with Crippen molar-refractivity contribution >= 4 is 22.6 Å². The Morgan fingerprint density at radius 1 is 1.17 bits per heavy atom. The number of fused-ring (bicyclic) bond motifs is 1. The number of carbonyl (C=O) groups is 2. The molecule has 0 saturated heterocycles. The van der Waals surface area contributed by atoms with Crippen LogP contribution in [0.5, 0.6) is 5.75 Å². The maximum Gasteiger partial charge on any atom is 0.258 e. The molecule has 0 aliphatic heterocycles. The summed E-state index contributed by atoms with van der Waals surface area (Å²) >= 11 is 0. The third kappa shape index (κ3) is 4.04. The predicted octanol–water partition coefficient (Wildman–Crippen LogP) is 2.64. The van der Waals surface area contributed by atoms with Gasteiger partial charge < -0.3 is 15.4 Å². The van der Waals surface area contributed by atoms with Crippen LogP contribution in [0, 0.1) is 0 Å². The van der Waals surface area contributed by atoms with Crippen molar-refractivity contribution in [1.82, 2.24) is 10.6 Å². The van der Waals surface area contributed by atoms with E-state index in [1.807, 2.05) is 50.2 Å². The van der Waals surface area contributed by atoms with E-state index in [-0.39, 0.29) is 30.5 Å². The molecule has 1 fully saturated rings. The number of rotatable bonds is 6. The molecule has 2 aromatic carbocycles. The van der Waals surface area contributed by atoms with Gasteiger partial charge in [0.25, 0.3) is 11.8 Å². The van der Waals surface area contributed by atoms with Crippen LogP contribution in [-0.2, 0) is 4.79 Å². The second kappa shape index (κ2) is 6.91. The van der Waals surface area contributed by atoms with E-state index in [0.29, 0.717) is 11.3 Å². The number of nitrogens with one attached hydrogen (secondary N) is 2. The summed E-state index contributed by atoms with van der Waals surface area (Å²) in [5.41, 5.74) is 0.470. The molecule has 0 spiro atoms. The molecule has 126 valence electrons. The Kier molecular flexibility index (Phi) is 4.69. The van der Waals surface area contributed by atoms with Crippen LogP contribution in [0.15, 0.2) is 36.4 Å². The smallest absolute Gasteiger partial charge is 0.258 e. The molecule has 5 heteroatoms. The third-order valence-electron chi connectivity index (χ3n) is 3.81. The highest BCUT2D eigenvalue weighted by atomic mass is 16.5. The summed E-state index contributed by atoms with van der Waals surface area (Å²) in [5, 5.41) is 7.69. The molecule has 0 radical (unpaired) electrons. The first-order chi connectivity index (χ1) is 11.5. The van der Waals surface area contributed by atoms with Crippen LogP contribution in [0.3, 0.4) is 0 Å². The molecular weight excluding hydrogens is 304 g/mol. The molecule has 0 unspecified atom stereocenters.